The van der Waals surface area contributed by atoms with E-state index in [2.05, 4.69) is 9.97 Å². The predicted octanol–water partition coefficient (Wildman–Crippen LogP) is 3.22. The van der Waals surface area contributed by atoms with Crippen LogP contribution in [0.1, 0.15) is 12.8 Å². The first-order valence-electron chi connectivity index (χ1n) is 6.87. The molecule has 1 N–H and O–H groups in total. The number of imidazole rings is 1. The summed E-state index contributed by atoms with van der Waals surface area (Å²) in [6.45, 7) is 0.309. The van der Waals surface area contributed by atoms with E-state index in [9.17, 15) is 18.9 Å². The third-order valence-corrected chi connectivity index (χ3v) is 3.78. The summed E-state index contributed by atoms with van der Waals surface area (Å²) < 4.78 is 26.6. The van der Waals surface area contributed by atoms with Gasteiger partial charge < -0.3 is 9.88 Å². The van der Waals surface area contributed by atoms with Crippen molar-refractivity contribution in [2.75, 3.05) is 18.0 Å². The molecule has 1 aromatic carbocycles. The summed E-state index contributed by atoms with van der Waals surface area (Å²) in [4.78, 5) is 19.3. The van der Waals surface area contributed by atoms with Crippen molar-refractivity contribution in [3.8, 4) is 11.4 Å². The Morgan fingerprint density at radius 2 is 2.05 bits per heavy atom. The number of benzene rings is 1. The maximum atomic E-state index is 13.3. The molecular weight excluding hydrogens is 294 g/mol. The van der Waals surface area contributed by atoms with E-state index in [1.807, 2.05) is 0 Å². The number of nitro groups is 1. The zero-order valence-corrected chi connectivity index (χ0v) is 11.6. The molecule has 22 heavy (non-hydrogen) atoms. The SMILES string of the molecule is O=[N+]([O-])c1ccc(-c2ncc[nH]2)c(N2CCC(F)(F)CC2)c1. The Balaban J connectivity index is 2.00. The normalized spacial score (nSPS) is 17.5. The van der Waals surface area contributed by atoms with Crippen LogP contribution < -0.4 is 4.90 Å². The summed E-state index contributed by atoms with van der Waals surface area (Å²) in [7, 11) is 0. The lowest BCUT2D eigenvalue weighted by molar-refractivity contribution is -0.384. The Kier molecular flexibility index (Phi) is 3.51. The highest BCUT2D eigenvalue weighted by Gasteiger charge is 2.35. The highest BCUT2D eigenvalue weighted by atomic mass is 19.3. The molecule has 1 aliphatic rings. The Labute approximate surface area is 124 Å². The van der Waals surface area contributed by atoms with E-state index in [1.165, 1.54) is 12.1 Å². The van der Waals surface area contributed by atoms with Gasteiger partial charge in [-0.3, -0.25) is 10.1 Å². The van der Waals surface area contributed by atoms with E-state index in [0.29, 0.717) is 17.1 Å². The fraction of sp³-hybridized carbons (Fsp3) is 0.357. The summed E-state index contributed by atoms with van der Waals surface area (Å²) in [5.41, 5.74) is 1.16. The predicted molar refractivity (Wildman–Crippen MR) is 77.1 cm³/mol. The van der Waals surface area contributed by atoms with E-state index in [1.54, 1.807) is 23.4 Å². The Hall–Kier alpha value is -2.51. The van der Waals surface area contributed by atoms with Crippen LogP contribution in [0.15, 0.2) is 30.6 Å². The molecule has 3 rings (SSSR count). The third kappa shape index (κ3) is 2.76. The van der Waals surface area contributed by atoms with Crippen LogP contribution in [-0.4, -0.2) is 33.9 Å². The molecule has 2 heterocycles. The van der Waals surface area contributed by atoms with Gasteiger partial charge in [0.25, 0.3) is 11.6 Å². The molecule has 2 aromatic rings. The van der Waals surface area contributed by atoms with Crippen LogP contribution in [0.4, 0.5) is 20.2 Å². The van der Waals surface area contributed by atoms with Crippen LogP contribution in [0.2, 0.25) is 0 Å². The van der Waals surface area contributed by atoms with Gasteiger partial charge in [0.15, 0.2) is 0 Å². The third-order valence-electron chi connectivity index (χ3n) is 3.78. The van der Waals surface area contributed by atoms with Gasteiger partial charge in [0.2, 0.25) is 0 Å². The standard InChI is InChI=1S/C14H14F2N4O2/c15-14(16)3-7-19(8-4-14)12-9-10(20(21)22)1-2-11(12)13-17-5-6-18-13/h1-2,5-6,9H,3-4,7-8H2,(H,17,18). The number of H-pyrrole nitrogens is 1. The average Bonchev–Trinajstić information content (AvgIpc) is 3.00. The summed E-state index contributed by atoms with van der Waals surface area (Å²) in [5, 5.41) is 11.0. The summed E-state index contributed by atoms with van der Waals surface area (Å²) in [5.74, 6) is -2.11. The number of non-ortho nitro benzene ring substituents is 1. The van der Waals surface area contributed by atoms with Crippen LogP contribution in [0.25, 0.3) is 11.4 Å². The number of nitrogens with one attached hydrogen (secondary N) is 1. The topological polar surface area (TPSA) is 75.1 Å². The van der Waals surface area contributed by atoms with Crippen molar-refractivity contribution in [2.45, 2.75) is 18.8 Å². The zero-order valence-electron chi connectivity index (χ0n) is 11.6. The molecular formula is C14H14F2N4O2. The number of nitrogens with zero attached hydrogens (tertiary/aromatic N) is 3. The van der Waals surface area contributed by atoms with Crippen LogP contribution >= 0.6 is 0 Å². The molecule has 1 fully saturated rings. The molecule has 0 radical (unpaired) electrons. The van der Waals surface area contributed by atoms with Crippen LogP contribution in [0.5, 0.6) is 0 Å². The molecule has 1 aromatic heterocycles. The minimum atomic E-state index is -2.66. The number of nitro benzene ring substituents is 1. The van der Waals surface area contributed by atoms with E-state index in [0.717, 1.165) is 0 Å². The molecule has 0 atom stereocenters. The molecule has 0 aliphatic carbocycles. The molecule has 1 aliphatic heterocycles. The zero-order chi connectivity index (χ0) is 15.7. The number of hydrogen-bond donors (Lipinski definition) is 1. The second kappa shape index (κ2) is 5.36. The second-order valence-corrected chi connectivity index (χ2v) is 5.24. The molecule has 8 heteroatoms. The van der Waals surface area contributed by atoms with Crippen molar-refractivity contribution in [1.82, 2.24) is 9.97 Å². The largest absolute Gasteiger partial charge is 0.370 e. The van der Waals surface area contributed by atoms with E-state index in [-0.39, 0.29) is 31.6 Å². The van der Waals surface area contributed by atoms with Crippen molar-refractivity contribution in [3.63, 3.8) is 0 Å². The minimum Gasteiger partial charge on any atom is -0.370 e. The lowest BCUT2D eigenvalue weighted by Gasteiger charge is -2.34. The minimum absolute atomic E-state index is 0.0670. The number of aromatic amines is 1. The van der Waals surface area contributed by atoms with Gasteiger partial charge in [0.05, 0.1) is 10.6 Å². The van der Waals surface area contributed by atoms with Crippen molar-refractivity contribution < 1.29 is 13.7 Å². The highest BCUT2D eigenvalue weighted by Crippen LogP contribution is 2.36. The summed E-state index contributed by atoms with van der Waals surface area (Å²) in [6.07, 6.45) is 2.70. The Morgan fingerprint density at radius 3 is 2.64 bits per heavy atom. The number of hydrogen-bond acceptors (Lipinski definition) is 4. The quantitative estimate of drug-likeness (QED) is 0.698. The first kappa shape index (κ1) is 14.4. The van der Waals surface area contributed by atoms with Gasteiger partial charge in [-0.2, -0.15) is 0 Å². The fourth-order valence-corrected chi connectivity index (χ4v) is 2.58. The van der Waals surface area contributed by atoms with Crippen molar-refractivity contribution in [2.24, 2.45) is 0 Å². The van der Waals surface area contributed by atoms with E-state index in [4.69, 9.17) is 0 Å². The van der Waals surface area contributed by atoms with Crippen molar-refractivity contribution in [3.05, 3.63) is 40.7 Å². The number of alkyl halides is 2. The number of rotatable bonds is 3. The molecule has 0 spiro atoms. The van der Waals surface area contributed by atoms with E-state index >= 15 is 0 Å². The first-order valence-corrected chi connectivity index (χ1v) is 6.87. The summed E-state index contributed by atoms with van der Waals surface area (Å²) in [6, 6.07) is 4.40. The van der Waals surface area contributed by atoms with E-state index < -0.39 is 10.8 Å². The van der Waals surface area contributed by atoms with Crippen LogP contribution in [0.3, 0.4) is 0 Å². The number of halogens is 2. The monoisotopic (exact) mass is 308 g/mol. The van der Waals surface area contributed by atoms with Gasteiger partial charge >= 0.3 is 0 Å². The van der Waals surface area contributed by atoms with Gasteiger partial charge in [-0.1, -0.05) is 0 Å². The fourth-order valence-electron chi connectivity index (χ4n) is 2.58. The maximum Gasteiger partial charge on any atom is 0.271 e. The lowest BCUT2D eigenvalue weighted by atomic mass is 10.0. The van der Waals surface area contributed by atoms with Crippen LogP contribution in [0, 0.1) is 10.1 Å². The molecule has 0 amide bonds. The smallest absolute Gasteiger partial charge is 0.271 e. The molecule has 0 bridgehead atoms. The van der Waals surface area contributed by atoms with Crippen molar-refractivity contribution >= 4 is 11.4 Å². The Morgan fingerprint density at radius 1 is 1.32 bits per heavy atom. The molecule has 0 unspecified atom stereocenters. The number of aromatic nitrogens is 2. The number of anilines is 1. The maximum absolute atomic E-state index is 13.3. The first-order chi connectivity index (χ1) is 10.5. The average molecular weight is 308 g/mol. The number of piperidine rings is 1. The highest BCUT2D eigenvalue weighted by molar-refractivity contribution is 5.77. The van der Waals surface area contributed by atoms with Gasteiger partial charge in [-0.05, 0) is 6.07 Å². The van der Waals surface area contributed by atoms with Crippen LogP contribution in [-0.2, 0) is 0 Å². The van der Waals surface area contributed by atoms with Gasteiger partial charge in [-0.25, -0.2) is 13.8 Å². The lowest BCUT2D eigenvalue weighted by Crippen LogP contribution is -2.39. The second-order valence-electron chi connectivity index (χ2n) is 5.24. The van der Waals surface area contributed by atoms with Gasteiger partial charge in [-0.15, -0.1) is 0 Å². The summed E-state index contributed by atoms with van der Waals surface area (Å²) >= 11 is 0. The van der Waals surface area contributed by atoms with Crippen molar-refractivity contribution in [1.29, 1.82) is 0 Å². The molecule has 6 nitrogen and oxygen atoms in total. The van der Waals surface area contributed by atoms with Gasteiger partial charge in [0.1, 0.15) is 5.82 Å². The molecule has 1 saturated heterocycles. The molecule has 0 saturated carbocycles. The Bertz CT molecular complexity index is 678. The molecule has 116 valence electrons. The van der Waals surface area contributed by atoms with Gasteiger partial charge in [0, 0.05) is 56.0 Å².